The molecule has 0 spiro atoms. The molecule has 3 nitrogen and oxygen atoms in total. The van der Waals surface area contributed by atoms with Crippen molar-refractivity contribution < 1.29 is 9.53 Å². The van der Waals surface area contributed by atoms with Crippen LogP contribution in [-0.2, 0) is 16.0 Å². The van der Waals surface area contributed by atoms with E-state index in [1.54, 1.807) is 0 Å². The van der Waals surface area contributed by atoms with Gasteiger partial charge in [-0.3, -0.25) is 4.79 Å². The van der Waals surface area contributed by atoms with Crippen molar-refractivity contribution in [3.8, 4) is 0 Å². The van der Waals surface area contributed by atoms with Gasteiger partial charge in [-0.1, -0.05) is 6.07 Å². The van der Waals surface area contributed by atoms with Crippen LogP contribution in [0.25, 0.3) is 0 Å². The number of hydrogen-bond acceptors (Lipinski definition) is 4. The zero-order valence-corrected chi connectivity index (χ0v) is 10.1. The van der Waals surface area contributed by atoms with Gasteiger partial charge in [-0.05, 0) is 24.1 Å². The second-order valence-electron chi connectivity index (χ2n) is 3.68. The maximum Gasteiger partial charge on any atom is 0.305 e. The van der Waals surface area contributed by atoms with E-state index >= 15 is 0 Å². The second-order valence-corrected chi connectivity index (χ2v) is 4.82. The summed E-state index contributed by atoms with van der Waals surface area (Å²) in [6.45, 7) is 1.01. The molecule has 0 saturated heterocycles. The standard InChI is InChI=1S/C12H15NO2S/c1-15-12(14)5-3-9-2-4-11-10(8-9)13-6-7-16-11/h2,4,8,13H,3,5-7H2,1H3. The van der Waals surface area contributed by atoms with Gasteiger partial charge in [0.2, 0.25) is 0 Å². The smallest absolute Gasteiger partial charge is 0.305 e. The predicted octanol–water partition coefficient (Wildman–Crippen LogP) is 2.31. The van der Waals surface area contributed by atoms with Crippen LogP contribution in [0.2, 0.25) is 0 Å². The number of benzene rings is 1. The van der Waals surface area contributed by atoms with Crippen molar-refractivity contribution in [1.82, 2.24) is 0 Å². The average Bonchev–Trinajstić information content (AvgIpc) is 2.35. The first-order valence-electron chi connectivity index (χ1n) is 5.36. The molecule has 0 unspecified atom stereocenters. The van der Waals surface area contributed by atoms with Crippen molar-refractivity contribution in [3.63, 3.8) is 0 Å². The third kappa shape index (κ3) is 2.70. The maximum atomic E-state index is 11.0. The molecule has 0 saturated carbocycles. The number of ether oxygens (including phenoxy) is 1. The Kier molecular flexibility index (Phi) is 3.72. The number of anilines is 1. The number of rotatable bonds is 3. The van der Waals surface area contributed by atoms with Crippen LogP contribution in [-0.4, -0.2) is 25.4 Å². The lowest BCUT2D eigenvalue weighted by molar-refractivity contribution is -0.140. The molecule has 4 heteroatoms. The van der Waals surface area contributed by atoms with E-state index in [-0.39, 0.29) is 5.97 Å². The highest BCUT2D eigenvalue weighted by molar-refractivity contribution is 7.99. The number of thioether (sulfide) groups is 1. The molecular formula is C12H15NO2S. The molecule has 0 bridgehead atoms. The van der Waals surface area contributed by atoms with Gasteiger partial charge in [-0.25, -0.2) is 0 Å². The third-order valence-corrected chi connectivity index (χ3v) is 3.64. The SMILES string of the molecule is COC(=O)CCc1ccc2c(c1)NCCS2. The van der Waals surface area contributed by atoms with Crippen LogP contribution in [0, 0.1) is 0 Å². The minimum absolute atomic E-state index is 0.153. The Bertz CT molecular complexity index is 393. The first-order valence-corrected chi connectivity index (χ1v) is 6.34. The number of esters is 1. The number of carbonyl (C=O) groups excluding carboxylic acids is 1. The summed E-state index contributed by atoms with van der Waals surface area (Å²) >= 11 is 1.87. The molecule has 1 heterocycles. The largest absolute Gasteiger partial charge is 0.469 e. The van der Waals surface area contributed by atoms with Crippen molar-refractivity contribution in [3.05, 3.63) is 23.8 Å². The van der Waals surface area contributed by atoms with Crippen LogP contribution in [0.5, 0.6) is 0 Å². The van der Waals surface area contributed by atoms with Crippen molar-refractivity contribution in [2.75, 3.05) is 24.7 Å². The Hall–Kier alpha value is -1.16. The number of carbonyl (C=O) groups is 1. The van der Waals surface area contributed by atoms with Gasteiger partial charge in [0.15, 0.2) is 0 Å². The highest BCUT2D eigenvalue weighted by atomic mass is 32.2. The molecule has 1 aliphatic heterocycles. The quantitative estimate of drug-likeness (QED) is 0.819. The van der Waals surface area contributed by atoms with E-state index in [0.29, 0.717) is 6.42 Å². The molecule has 0 aromatic heterocycles. The first-order chi connectivity index (χ1) is 7.79. The molecule has 86 valence electrons. The predicted molar refractivity (Wildman–Crippen MR) is 66.0 cm³/mol. The van der Waals surface area contributed by atoms with Gasteiger partial charge in [-0.2, -0.15) is 0 Å². The summed E-state index contributed by atoms with van der Waals surface area (Å²) in [5.41, 5.74) is 2.37. The Balaban J connectivity index is 2.03. The van der Waals surface area contributed by atoms with Gasteiger partial charge in [0, 0.05) is 29.3 Å². The number of fused-ring (bicyclic) bond motifs is 1. The minimum atomic E-state index is -0.153. The van der Waals surface area contributed by atoms with E-state index in [4.69, 9.17) is 0 Å². The first kappa shape index (κ1) is 11.3. The zero-order valence-electron chi connectivity index (χ0n) is 9.29. The van der Waals surface area contributed by atoms with E-state index in [0.717, 1.165) is 18.7 Å². The van der Waals surface area contributed by atoms with Gasteiger partial charge in [0.05, 0.1) is 7.11 Å². The monoisotopic (exact) mass is 237 g/mol. The van der Waals surface area contributed by atoms with Crippen LogP contribution in [0.4, 0.5) is 5.69 Å². The summed E-state index contributed by atoms with van der Waals surface area (Å²) in [6.07, 6.45) is 1.19. The normalized spacial score (nSPS) is 13.8. The molecule has 0 amide bonds. The van der Waals surface area contributed by atoms with E-state index < -0.39 is 0 Å². The van der Waals surface area contributed by atoms with Crippen LogP contribution in [0.15, 0.2) is 23.1 Å². The molecule has 0 fully saturated rings. The fourth-order valence-electron chi connectivity index (χ4n) is 1.69. The summed E-state index contributed by atoms with van der Waals surface area (Å²) in [5, 5.41) is 3.37. The lowest BCUT2D eigenvalue weighted by Gasteiger charge is -2.18. The number of aryl methyl sites for hydroxylation is 1. The fourth-order valence-corrected chi connectivity index (χ4v) is 2.57. The molecule has 0 radical (unpaired) electrons. The topological polar surface area (TPSA) is 38.3 Å². The number of nitrogens with one attached hydrogen (secondary N) is 1. The molecule has 1 aromatic carbocycles. The molecule has 1 aromatic rings. The highest BCUT2D eigenvalue weighted by Gasteiger charge is 2.09. The zero-order chi connectivity index (χ0) is 11.4. The van der Waals surface area contributed by atoms with E-state index in [9.17, 15) is 4.79 Å². The van der Waals surface area contributed by atoms with E-state index in [1.165, 1.54) is 23.3 Å². The number of methoxy groups -OCH3 is 1. The molecule has 0 atom stereocenters. The van der Waals surface area contributed by atoms with Gasteiger partial charge >= 0.3 is 5.97 Å². The molecule has 16 heavy (non-hydrogen) atoms. The second kappa shape index (κ2) is 5.25. The fraction of sp³-hybridized carbons (Fsp3) is 0.417. The summed E-state index contributed by atoms with van der Waals surface area (Å²) in [6, 6.07) is 6.34. The molecule has 1 aliphatic rings. The molecule has 2 rings (SSSR count). The van der Waals surface area contributed by atoms with E-state index in [1.807, 2.05) is 11.8 Å². The Morgan fingerprint density at radius 1 is 1.56 bits per heavy atom. The maximum absolute atomic E-state index is 11.0. The Labute approximate surface area is 99.6 Å². The minimum Gasteiger partial charge on any atom is -0.469 e. The van der Waals surface area contributed by atoms with Crippen molar-refractivity contribution in [2.45, 2.75) is 17.7 Å². The molecule has 1 N–H and O–H groups in total. The van der Waals surface area contributed by atoms with Gasteiger partial charge in [0.1, 0.15) is 0 Å². The van der Waals surface area contributed by atoms with Crippen LogP contribution < -0.4 is 5.32 Å². The van der Waals surface area contributed by atoms with Crippen LogP contribution in [0.3, 0.4) is 0 Å². The van der Waals surface area contributed by atoms with Gasteiger partial charge < -0.3 is 10.1 Å². The Morgan fingerprint density at radius 2 is 2.44 bits per heavy atom. The van der Waals surface area contributed by atoms with E-state index in [2.05, 4.69) is 28.3 Å². The number of hydrogen-bond donors (Lipinski definition) is 1. The van der Waals surface area contributed by atoms with Crippen molar-refractivity contribution in [1.29, 1.82) is 0 Å². The summed E-state index contributed by atoms with van der Waals surface area (Å²) < 4.78 is 4.63. The van der Waals surface area contributed by atoms with Crippen molar-refractivity contribution >= 4 is 23.4 Å². The summed E-state index contributed by atoms with van der Waals surface area (Å²) in [7, 11) is 1.42. The van der Waals surface area contributed by atoms with Crippen LogP contribution in [0.1, 0.15) is 12.0 Å². The van der Waals surface area contributed by atoms with Gasteiger partial charge in [0.25, 0.3) is 0 Å². The Morgan fingerprint density at radius 3 is 3.25 bits per heavy atom. The highest BCUT2D eigenvalue weighted by Crippen LogP contribution is 2.31. The molecule has 0 aliphatic carbocycles. The lowest BCUT2D eigenvalue weighted by atomic mass is 10.1. The lowest BCUT2D eigenvalue weighted by Crippen LogP contribution is -2.10. The molecular weight excluding hydrogens is 222 g/mol. The summed E-state index contributed by atoms with van der Waals surface area (Å²) in [4.78, 5) is 12.3. The average molecular weight is 237 g/mol. The third-order valence-electron chi connectivity index (χ3n) is 2.56. The summed E-state index contributed by atoms with van der Waals surface area (Å²) in [5.74, 6) is 0.967. The van der Waals surface area contributed by atoms with Crippen molar-refractivity contribution in [2.24, 2.45) is 0 Å². The van der Waals surface area contributed by atoms with Gasteiger partial charge in [-0.15, -0.1) is 11.8 Å². The van der Waals surface area contributed by atoms with Crippen LogP contribution >= 0.6 is 11.8 Å².